The summed E-state index contributed by atoms with van der Waals surface area (Å²) in [4.78, 5) is 12.5. The number of thioether (sulfide) groups is 1. The van der Waals surface area contributed by atoms with Crippen molar-refractivity contribution in [1.82, 2.24) is 5.43 Å². The number of aryl methyl sites for hydroxylation is 1. The highest BCUT2D eigenvalue weighted by atomic mass is 32.2. The van der Waals surface area contributed by atoms with E-state index in [1.165, 1.54) is 6.26 Å². The Labute approximate surface area is 115 Å². The van der Waals surface area contributed by atoms with Gasteiger partial charge in [0.25, 0.3) is 0 Å². The van der Waals surface area contributed by atoms with Crippen molar-refractivity contribution in [2.75, 3.05) is 5.73 Å². The molecule has 1 aromatic heterocycles. The molecule has 0 aliphatic rings. The zero-order chi connectivity index (χ0) is 13.8. The lowest BCUT2D eigenvalue weighted by atomic mass is 10.2. The molecule has 0 fully saturated rings. The summed E-state index contributed by atoms with van der Waals surface area (Å²) in [6, 6.07) is 7.61. The first-order valence-corrected chi connectivity index (χ1v) is 6.66. The SMILES string of the molecule is Cc1cc(SCc2ccoc2C(=O)NN)ccc1N. The number of hydrogen-bond donors (Lipinski definition) is 3. The summed E-state index contributed by atoms with van der Waals surface area (Å²) in [5.74, 6) is 5.55. The fourth-order valence-corrected chi connectivity index (χ4v) is 2.59. The second-order valence-corrected chi connectivity index (χ2v) is 5.10. The van der Waals surface area contributed by atoms with Gasteiger partial charge in [0.1, 0.15) is 0 Å². The number of anilines is 1. The van der Waals surface area contributed by atoms with E-state index in [-0.39, 0.29) is 5.76 Å². The third-order valence-electron chi connectivity index (χ3n) is 2.72. The first-order valence-electron chi connectivity index (χ1n) is 5.68. The van der Waals surface area contributed by atoms with Gasteiger partial charge in [-0.3, -0.25) is 10.2 Å². The Balaban J connectivity index is 2.08. The highest BCUT2D eigenvalue weighted by molar-refractivity contribution is 7.98. The Hall–Kier alpha value is -1.92. The van der Waals surface area contributed by atoms with Crippen LogP contribution in [0.5, 0.6) is 0 Å². The Morgan fingerprint density at radius 3 is 2.89 bits per heavy atom. The molecule has 0 saturated heterocycles. The molecule has 1 heterocycles. The van der Waals surface area contributed by atoms with Crippen LogP contribution in [-0.4, -0.2) is 5.91 Å². The van der Waals surface area contributed by atoms with E-state index in [0.717, 1.165) is 21.7 Å². The average Bonchev–Trinajstić information content (AvgIpc) is 2.87. The van der Waals surface area contributed by atoms with E-state index in [2.05, 4.69) is 5.43 Å². The molecule has 2 rings (SSSR count). The molecule has 19 heavy (non-hydrogen) atoms. The van der Waals surface area contributed by atoms with Gasteiger partial charge in [0.2, 0.25) is 0 Å². The van der Waals surface area contributed by atoms with Crippen LogP contribution in [-0.2, 0) is 5.75 Å². The molecule has 1 amide bonds. The maximum atomic E-state index is 11.4. The molecule has 6 heteroatoms. The van der Waals surface area contributed by atoms with Crippen molar-refractivity contribution in [1.29, 1.82) is 0 Å². The molecule has 2 aromatic rings. The molecule has 0 unspecified atom stereocenters. The van der Waals surface area contributed by atoms with Crippen LogP contribution < -0.4 is 17.0 Å². The minimum atomic E-state index is -0.422. The van der Waals surface area contributed by atoms with Gasteiger partial charge in [-0.25, -0.2) is 5.84 Å². The second-order valence-electron chi connectivity index (χ2n) is 4.06. The van der Waals surface area contributed by atoms with Gasteiger partial charge in [0, 0.05) is 21.9 Å². The molecule has 0 aliphatic carbocycles. The molecular formula is C13H15N3O2S. The molecule has 0 saturated carbocycles. The Morgan fingerprint density at radius 2 is 2.21 bits per heavy atom. The van der Waals surface area contributed by atoms with E-state index >= 15 is 0 Å². The van der Waals surface area contributed by atoms with Crippen LogP contribution in [0.3, 0.4) is 0 Å². The predicted octanol–water partition coefficient (Wildman–Crippen LogP) is 2.07. The standard InChI is InChI=1S/C13H15N3O2S/c1-8-6-10(2-3-11(8)14)19-7-9-4-5-18-12(9)13(17)16-15/h2-6H,7,14-15H2,1H3,(H,16,17). The molecule has 0 spiro atoms. The quantitative estimate of drug-likeness (QED) is 0.261. The van der Waals surface area contributed by atoms with E-state index in [1.54, 1.807) is 17.8 Å². The fourth-order valence-electron chi connectivity index (χ4n) is 1.61. The van der Waals surface area contributed by atoms with Crippen LogP contribution in [0.2, 0.25) is 0 Å². The monoisotopic (exact) mass is 277 g/mol. The third kappa shape index (κ3) is 3.10. The lowest BCUT2D eigenvalue weighted by Crippen LogP contribution is -2.30. The summed E-state index contributed by atoms with van der Waals surface area (Å²) in [6.45, 7) is 1.96. The Kier molecular flexibility index (Phi) is 4.13. The number of hydrazine groups is 1. The number of furan rings is 1. The number of carbonyl (C=O) groups is 1. The number of benzene rings is 1. The lowest BCUT2D eigenvalue weighted by Gasteiger charge is -2.05. The number of rotatable bonds is 4. The van der Waals surface area contributed by atoms with Crippen LogP contribution >= 0.6 is 11.8 Å². The number of carbonyl (C=O) groups excluding carboxylic acids is 1. The highest BCUT2D eigenvalue weighted by Crippen LogP contribution is 2.27. The number of nitrogen functional groups attached to an aromatic ring is 2. The fraction of sp³-hybridized carbons (Fsp3) is 0.154. The molecule has 1 aromatic carbocycles. The first-order chi connectivity index (χ1) is 9.11. The summed E-state index contributed by atoms with van der Waals surface area (Å²) in [7, 11) is 0. The van der Waals surface area contributed by atoms with E-state index in [4.69, 9.17) is 16.0 Å². The molecule has 0 aliphatic heterocycles. The molecular weight excluding hydrogens is 262 g/mol. The van der Waals surface area contributed by atoms with Crippen molar-refractivity contribution in [2.24, 2.45) is 5.84 Å². The van der Waals surface area contributed by atoms with E-state index in [9.17, 15) is 4.79 Å². The third-order valence-corrected chi connectivity index (χ3v) is 3.76. The van der Waals surface area contributed by atoms with Gasteiger partial charge in [-0.05, 0) is 36.8 Å². The molecule has 100 valence electrons. The average molecular weight is 277 g/mol. The highest BCUT2D eigenvalue weighted by Gasteiger charge is 2.14. The topological polar surface area (TPSA) is 94.3 Å². The van der Waals surface area contributed by atoms with Gasteiger partial charge in [0.05, 0.1) is 6.26 Å². The maximum absolute atomic E-state index is 11.4. The number of nitrogens with one attached hydrogen (secondary N) is 1. The molecule has 0 bridgehead atoms. The van der Waals surface area contributed by atoms with Gasteiger partial charge in [-0.15, -0.1) is 11.8 Å². The van der Waals surface area contributed by atoms with Crippen molar-refractivity contribution in [3.63, 3.8) is 0 Å². The van der Waals surface area contributed by atoms with Gasteiger partial charge in [-0.1, -0.05) is 0 Å². The minimum absolute atomic E-state index is 0.252. The van der Waals surface area contributed by atoms with Gasteiger partial charge < -0.3 is 10.2 Å². The van der Waals surface area contributed by atoms with Crippen LogP contribution in [0.4, 0.5) is 5.69 Å². The molecule has 0 radical (unpaired) electrons. The van der Waals surface area contributed by atoms with Gasteiger partial charge >= 0.3 is 5.91 Å². The molecule has 0 atom stereocenters. The van der Waals surface area contributed by atoms with Gasteiger partial charge in [-0.2, -0.15) is 0 Å². The van der Waals surface area contributed by atoms with Crippen LogP contribution in [0, 0.1) is 6.92 Å². The normalized spacial score (nSPS) is 10.4. The first kappa shape index (κ1) is 13.5. The summed E-state index contributed by atoms with van der Waals surface area (Å²) < 4.78 is 5.12. The second kappa shape index (κ2) is 5.81. The Bertz CT molecular complexity index is 595. The number of amides is 1. The summed E-state index contributed by atoms with van der Waals surface area (Å²) in [5.41, 5.74) is 10.5. The van der Waals surface area contributed by atoms with E-state index in [1.807, 2.05) is 25.1 Å². The maximum Gasteiger partial charge on any atom is 0.301 e. The number of hydrogen-bond acceptors (Lipinski definition) is 5. The van der Waals surface area contributed by atoms with Crippen LogP contribution in [0.1, 0.15) is 21.7 Å². The van der Waals surface area contributed by atoms with Crippen molar-refractivity contribution in [3.05, 3.63) is 47.4 Å². The summed E-state index contributed by atoms with van der Waals surface area (Å²) in [5, 5.41) is 0. The van der Waals surface area contributed by atoms with Crippen LogP contribution in [0.15, 0.2) is 39.8 Å². The zero-order valence-corrected chi connectivity index (χ0v) is 11.3. The summed E-state index contributed by atoms with van der Waals surface area (Å²) in [6.07, 6.45) is 1.48. The van der Waals surface area contributed by atoms with Crippen molar-refractivity contribution in [3.8, 4) is 0 Å². The van der Waals surface area contributed by atoms with Crippen molar-refractivity contribution >= 4 is 23.4 Å². The lowest BCUT2D eigenvalue weighted by molar-refractivity contribution is 0.0925. The smallest absolute Gasteiger partial charge is 0.301 e. The van der Waals surface area contributed by atoms with Crippen LogP contribution in [0.25, 0.3) is 0 Å². The number of nitrogens with two attached hydrogens (primary N) is 2. The Morgan fingerprint density at radius 1 is 1.42 bits per heavy atom. The van der Waals surface area contributed by atoms with Gasteiger partial charge in [0.15, 0.2) is 5.76 Å². The van der Waals surface area contributed by atoms with E-state index in [0.29, 0.717) is 5.75 Å². The predicted molar refractivity (Wildman–Crippen MR) is 75.5 cm³/mol. The largest absolute Gasteiger partial charge is 0.459 e. The summed E-state index contributed by atoms with van der Waals surface area (Å²) >= 11 is 1.61. The zero-order valence-electron chi connectivity index (χ0n) is 10.5. The molecule has 5 N–H and O–H groups in total. The van der Waals surface area contributed by atoms with E-state index < -0.39 is 5.91 Å². The van der Waals surface area contributed by atoms with Crippen molar-refractivity contribution < 1.29 is 9.21 Å². The van der Waals surface area contributed by atoms with Crippen molar-refractivity contribution in [2.45, 2.75) is 17.6 Å². The minimum Gasteiger partial charge on any atom is -0.459 e. The molecule has 5 nitrogen and oxygen atoms in total.